The van der Waals surface area contributed by atoms with Crippen LogP contribution >= 0.6 is 0 Å². The largest absolute Gasteiger partial charge is 0.392 e. The molecule has 0 aromatic carbocycles. The summed E-state index contributed by atoms with van der Waals surface area (Å²) in [4.78, 5) is 0. The SMILES string of the molecule is COCCC(C)NCC(O)C(C)C. The van der Waals surface area contributed by atoms with Gasteiger partial charge >= 0.3 is 0 Å². The van der Waals surface area contributed by atoms with Crippen LogP contribution in [0.5, 0.6) is 0 Å². The highest BCUT2D eigenvalue weighted by molar-refractivity contribution is 4.67. The lowest BCUT2D eigenvalue weighted by Gasteiger charge is -2.19. The van der Waals surface area contributed by atoms with Gasteiger partial charge in [0.2, 0.25) is 0 Å². The van der Waals surface area contributed by atoms with Crippen LogP contribution in [-0.2, 0) is 4.74 Å². The summed E-state index contributed by atoms with van der Waals surface area (Å²) < 4.78 is 4.96. The third-order valence-corrected chi connectivity index (χ3v) is 2.20. The number of ether oxygens (including phenoxy) is 1. The molecule has 80 valence electrons. The van der Waals surface area contributed by atoms with Crippen molar-refractivity contribution >= 4 is 0 Å². The monoisotopic (exact) mass is 189 g/mol. The molecule has 0 rings (SSSR count). The molecule has 0 saturated heterocycles. The van der Waals surface area contributed by atoms with Gasteiger partial charge in [0.15, 0.2) is 0 Å². The molecular formula is C10H23NO2. The number of hydrogen-bond donors (Lipinski definition) is 2. The normalized spacial score (nSPS) is 16.2. The number of methoxy groups -OCH3 is 1. The van der Waals surface area contributed by atoms with Crippen molar-refractivity contribution in [1.82, 2.24) is 5.32 Å². The van der Waals surface area contributed by atoms with Crippen LogP contribution in [0, 0.1) is 5.92 Å². The van der Waals surface area contributed by atoms with Gasteiger partial charge in [0.1, 0.15) is 0 Å². The fourth-order valence-electron chi connectivity index (χ4n) is 0.954. The molecule has 0 aromatic rings. The minimum Gasteiger partial charge on any atom is -0.392 e. The second-order valence-electron chi connectivity index (χ2n) is 3.90. The first-order chi connectivity index (χ1) is 6.07. The smallest absolute Gasteiger partial charge is 0.0687 e. The van der Waals surface area contributed by atoms with Gasteiger partial charge in [-0.1, -0.05) is 13.8 Å². The Morgan fingerprint density at radius 2 is 1.92 bits per heavy atom. The van der Waals surface area contributed by atoms with Crippen molar-refractivity contribution in [2.45, 2.75) is 39.3 Å². The van der Waals surface area contributed by atoms with Crippen LogP contribution in [0.25, 0.3) is 0 Å². The maximum absolute atomic E-state index is 9.51. The number of aliphatic hydroxyl groups is 1. The molecule has 0 amide bonds. The van der Waals surface area contributed by atoms with E-state index < -0.39 is 0 Å². The summed E-state index contributed by atoms with van der Waals surface area (Å²) in [7, 11) is 1.70. The van der Waals surface area contributed by atoms with Crippen LogP contribution in [0.3, 0.4) is 0 Å². The molecule has 3 nitrogen and oxygen atoms in total. The average molecular weight is 189 g/mol. The molecule has 0 aromatic heterocycles. The molecule has 0 fully saturated rings. The van der Waals surface area contributed by atoms with Gasteiger partial charge in [-0.3, -0.25) is 0 Å². The zero-order valence-corrected chi connectivity index (χ0v) is 9.21. The highest BCUT2D eigenvalue weighted by Crippen LogP contribution is 2.00. The molecule has 2 unspecified atom stereocenters. The summed E-state index contributed by atoms with van der Waals surface area (Å²) in [6.07, 6.45) is 0.742. The molecular weight excluding hydrogens is 166 g/mol. The molecule has 0 aliphatic carbocycles. The Labute approximate surface area is 81.5 Å². The maximum Gasteiger partial charge on any atom is 0.0687 e. The first-order valence-corrected chi connectivity index (χ1v) is 4.98. The quantitative estimate of drug-likeness (QED) is 0.628. The van der Waals surface area contributed by atoms with Crippen LogP contribution in [0.15, 0.2) is 0 Å². The van der Waals surface area contributed by atoms with Gasteiger partial charge < -0.3 is 15.2 Å². The zero-order valence-electron chi connectivity index (χ0n) is 9.21. The van der Waals surface area contributed by atoms with Crippen LogP contribution in [-0.4, -0.2) is 37.5 Å². The lowest BCUT2D eigenvalue weighted by molar-refractivity contribution is 0.117. The van der Waals surface area contributed by atoms with E-state index in [1.165, 1.54) is 0 Å². The Balaban J connectivity index is 3.40. The number of hydrogen-bond acceptors (Lipinski definition) is 3. The average Bonchev–Trinajstić information content (AvgIpc) is 2.10. The highest BCUT2D eigenvalue weighted by Gasteiger charge is 2.09. The Hall–Kier alpha value is -0.120. The summed E-state index contributed by atoms with van der Waals surface area (Å²) in [6, 6.07) is 0.411. The summed E-state index contributed by atoms with van der Waals surface area (Å²) in [6.45, 7) is 7.58. The first-order valence-electron chi connectivity index (χ1n) is 4.98. The second-order valence-corrected chi connectivity index (χ2v) is 3.90. The summed E-state index contributed by atoms with van der Waals surface area (Å²) in [5, 5.41) is 12.8. The Morgan fingerprint density at radius 3 is 2.38 bits per heavy atom. The van der Waals surface area contributed by atoms with Crippen molar-refractivity contribution < 1.29 is 9.84 Å². The van der Waals surface area contributed by atoms with Crippen molar-refractivity contribution in [2.24, 2.45) is 5.92 Å². The first kappa shape index (κ1) is 12.9. The summed E-state index contributed by atoms with van der Waals surface area (Å²) in [5.41, 5.74) is 0. The molecule has 0 bridgehead atoms. The van der Waals surface area contributed by atoms with E-state index in [-0.39, 0.29) is 6.10 Å². The molecule has 0 heterocycles. The van der Waals surface area contributed by atoms with Crippen molar-refractivity contribution in [3.63, 3.8) is 0 Å². The van der Waals surface area contributed by atoms with Gasteiger partial charge in [-0.25, -0.2) is 0 Å². The molecule has 0 saturated carbocycles. The molecule has 2 atom stereocenters. The van der Waals surface area contributed by atoms with E-state index in [0.717, 1.165) is 13.0 Å². The Kier molecular flexibility index (Phi) is 7.23. The van der Waals surface area contributed by atoms with Crippen molar-refractivity contribution in [1.29, 1.82) is 0 Å². The zero-order chi connectivity index (χ0) is 10.3. The molecule has 0 radical (unpaired) electrons. The fraction of sp³-hybridized carbons (Fsp3) is 1.00. The Morgan fingerprint density at radius 1 is 1.31 bits per heavy atom. The van der Waals surface area contributed by atoms with E-state index in [4.69, 9.17) is 4.74 Å². The minimum atomic E-state index is -0.245. The molecule has 13 heavy (non-hydrogen) atoms. The lowest BCUT2D eigenvalue weighted by atomic mass is 10.1. The second kappa shape index (κ2) is 7.30. The van der Waals surface area contributed by atoms with Crippen molar-refractivity contribution in [2.75, 3.05) is 20.3 Å². The van der Waals surface area contributed by atoms with E-state index >= 15 is 0 Å². The van der Waals surface area contributed by atoms with Crippen LogP contribution in [0.1, 0.15) is 27.2 Å². The molecule has 0 spiro atoms. The third-order valence-electron chi connectivity index (χ3n) is 2.20. The number of aliphatic hydroxyl groups excluding tert-OH is 1. The van der Waals surface area contributed by atoms with E-state index in [0.29, 0.717) is 18.5 Å². The maximum atomic E-state index is 9.51. The van der Waals surface area contributed by atoms with Gasteiger partial charge in [0.05, 0.1) is 6.10 Å². The molecule has 2 N–H and O–H groups in total. The van der Waals surface area contributed by atoms with Gasteiger partial charge in [0.25, 0.3) is 0 Å². The number of rotatable bonds is 7. The van der Waals surface area contributed by atoms with Gasteiger partial charge in [0, 0.05) is 26.3 Å². The van der Waals surface area contributed by atoms with Crippen LogP contribution < -0.4 is 5.32 Å². The topological polar surface area (TPSA) is 41.5 Å². The number of nitrogens with one attached hydrogen (secondary N) is 1. The predicted molar refractivity (Wildman–Crippen MR) is 54.8 cm³/mol. The molecule has 0 aliphatic rings. The van der Waals surface area contributed by atoms with Gasteiger partial charge in [-0.15, -0.1) is 0 Å². The highest BCUT2D eigenvalue weighted by atomic mass is 16.5. The molecule has 3 heteroatoms. The van der Waals surface area contributed by atoms with Crippen LogP contribution in [0.2, 0.25) is 0 Å². The molecule has 0 aliphatic heterocycles. The standard InChI is InChI=1S/C10H23NO2/c1-8(2)10(12)7-11-9(3)5-6-13-4/h8-12H,5-7H2,1-4H3. The van der Waals surface area contributed by atoms with E-state index in [2.05, 4.69) is 12.2 Å². The lowest BCUT2D eigenvalue weighted by Crippen LogP contribution is -2.36. The van der Waals surface area contributed by atoms with Crippen molar-refractivity contribution in [3.8, 4) is 0 Å². The van der Waals surface area contributed by atoms with Gasteiger partial charge in [-0.2, -0.15) is 0 Å². The summed E-state index contributed by atoms with van der Waals surface area (Å²) in [5.74, 6) is 0.321. The van der Waals surface area contributed by atoms with Gasteiger partial charge in [-0.05, 0) is 19.3 Å². The minimum absolute atomic E-state index is 0.245. The third kappa shape index (κ3) is 6.99. The van der Waals surface area contributed by atoms with E-state index in [1.54, 1.807) is 7.11 Å². The van der Waals surface area contributed by atoms with Crippen molar-refractivity contribution in [3.05, 3.63) is 0 Å². The van der Waals surface area contributed by atoms with Crippen LogP contribution in [0.4, 0.5) is 0 Å². The Bertz CT molecular complexity index is 117. The van der Waals surface area contributed by atoms with E-state index in [1.807, 2.05) is 13.8 Å². The van der Waals surface area contributed by atoms with E-state index in [9.17, 15) is 5.11 Å². The predicted octanol–water partition coefficient (Wildman–Crippen LogP) is 1.02. The fourth-order valence-corrected chi connectivity index (χ4v) is 0.954. The summed E-state index contributed by atoms with van der Waals surface area (Å²) >= 11 is 0.